The maximum atomic E-state index is 12.0. The Morgan fingerprint density at radius 1 is 1.30 bits per heavy atom. The van der Waals surface area contributed by atoms with Crippen molar-refractivity contribution in [3.8, 4) is 6.57 Å². The zero-order chi connectivity index (χ0) is 14.8. The van der Waals surface area contributed by atoms with Gasteiger partial charge in [-0.2, -0.15) is 0 Å². The highest BCUT2D eigenvalue weighted by Gasteiger charge is 2.24. The van der Waals surface area contributed by atoms with E-state index in [4.69, 9.17) is 5.26 Å². The Morgan fingerprint density at radius 2 is 2.00 bits per heavy atom. The third-order valence-electron chi connectivity index (χ3n) is 3.82. The lowest BCUT2D eigenvalue weighted by Crippen LogP contribution is -2.33. The number of nitrogens with zero attached hydrogens (tertiary/aromatic N) is 2. The van der Waals surface area contributed by atoms with Gasteiger partial charge in [-0.3, -0.25) is 4.79 Å². The Balaban J connectivity index is 0.000000956. The first-order valence-electron chi connectivity index (χ1n) is 7.36. The summed E-state index contributed by atoms with van der Waals surface area (Å²) in [4.78, 5) is 14.1. The Kier molecular flexibility index (Phi) is 7.42. The van der Waals surface area contributed by atoms with Crippen LogP contribution in [0.2, 0.25) is 0 Å². The van der Waals surface area contributed by atoms with E-state index in [1.54, 1.807) is 0 Å². The molecule has 3 nitrogen and oxygen atoms in total. The summed E-state index contributed by atoms with van der Waals surface area (Å²) >= 11 is 0. The summed E-state index contributed by atoms with van der Waals surface area (Å²) in [7, 11) is 0. The fourth-order valence-corrected chi connectivity index (χ4v) is 2.70. The van der Waals surface area contributed by atoms with Crippen molar-refractivity contribution in [3.63, 3.8) is 0 Å². The topological polar surface area (TPSA) is 44.1 Å². The van der Waals surface area contributed by atoms with Crippen LogP contribution in [-0.4, -0.2) is 23.4 Å². The van der Waals surface area contributed by atoms with Gasteiger partial charge in [-0.1, -0.05) is 30.3 Å². The third-order valence-corrected chi connectivity index (χ3v) is 3.82. The molecule has 0 aromatic heterocycles. The van der Waals surface area contributed by atoms with Crippen LogP contribution in [0.1, 0.15) is 44.6 Å². The highest BCUT2D eigenvalue weighted by Crippen LogP contribution is 2.18. The maximum Gasteiger partial charge on any atom is 0.222 e. The molecule has 1 aromatic carbocycles. The standard InChI is InChI=1S/C16H23NO.CHN/c1-14-8-7-13-17(14)16(18)12-6-5-11-15-9-3-2-4-10-15;1-2/h2-4,9-10,14H,5-8,11-13H2,1H3;1H/t14-;/m1./s1. The molecule has 108 valence electrons. The Morgan fingerprint density at radius 3 is 2.60 bits per heavy atom. The molecule has 1 fully saturated rings. The van der Waals surface area contributed by atoms with Gasteiger partial charge in [0.15, 0.2) is 0 Å². The molecule has 0 spiro atoms. The van der Waals surface area contributed by atoms with Crippen molar-refractivity contribution in [1.29, 1.82) is 5.26 Å². The zero-order valence-electron chi connectivity index (χ0n) is 12.3. The zero-order valence-corrected chi connectivity index (χ0v) is 12.3. The number of hydrogen-bond donors (Lipinski definition) is 0. The van der Waals surface area contributed by atoms with Gasteiger partial charge in [-0.15, -0.1) is 0 Å². The van der Waals surface area contributed by atoms with Crippen LogP contribution in [0.15, 0.2) is 30.3 Å². The van der Waals surface area contributed by atoms with Gasteiger partial charge < -0.3 is 4.90 Å². The number of benzene rings is 1. The van der Waals surface area contributed by atoms with E-state index in [0.717, 1.165) is 32.2 Å². The summed E-state index contributed by atoms with van der Waals surface area (Å²) in [5, 5.41) is 6.50. The van der Waals surface area contributed by atoms with Crippen LogP contribution in [0, 0.1) is 11.8 Å². The van der Waals surface area contributed by atoms with Crippen molar-refractivity contribution in [1.82, 2.24) is 4.90 Å². The van der Waals surface area contributed by atoms with E-state index >= 15 is 0 Å². The molecule has 1 saturated heterocycles. The Labute approximate surface area is 122 Å². The molecule has 1 atom stereocenters. The summed E-state index contributed by atoms with van der Waals surface area (Å²) in [5.74, 6) is 0.355. The smallest absolute Gasteiger partial charge is 0.222 e. The van der Waals surface area contributed by atoms with Gasteiger partial charge in [0.05, 0.1) is 0 Å². The summed E-state index contributed by atoms with van der Waals surface area (Å²) in [6.07, 6.45) is 6.28. The number of amides is 1. The lowest BCUT2D eigenvalue weighted by molar-refractivity contribution is -0.131. The minimum atomic E-state index is 0.355. The summed E-state index contributed by atoms with van der Waals surface area (Å²) in [5.41, 5.74) is 1.37. The molecule has 0 N–H and O–H groups in total. The first kappa shape index (κ1) is 16.2. The van der Waals surface area contributed by atoms with Crippen molar-refractivity contribution in [3.05, 3.63) is 35.9 Å². The van der Waals surface area contributed by atoms with Gasteiger partial charge in [-0.25, -0.2) is 5.26 Å². The number of unbranched alkanes of at least 4 members (excludes halogenated alkanes) is 1. The van der Waals surface area contributed by atoms with Crippen LogP contribution in [0.4, 0.5) is 0 Å². The average Bonchev–Trinajstić information content (AvgIpc) is 2.93. The second-order valence-electron chi connectivity index (χ2n) is 5.27. The van der Waals surface area contributed by atoms with Crippen molar-refractivity contribution < 1.29 is 4.79 Å². The Hall–Kier alpha value is -1.82. The van der Waals surface area contributed by atoms with Crippen LogP contribution >= 0.6 is 0 Å². The van der Waals surface area contributed by atoms with Crippen LogP contribution in [0.5, 0.6) is 0 Å². The maximum absolute atomic E-state index is 12.0. The van der Waals surface area contributed by atoms with E-state index in [2.05, 4.69) is 42.7 Å². The quantitative estimate of drug-likeness (QED) is 0.769. The average molecular weight is 272 g/mol. The molecule has 0 unspecified atom stereocenters. The van der Waals surface area contributed by atoms with E-state index in [9.17, 15) is 4.79 Å². The van der Waals surface area contributed by atoms with Crippen LogP contribution in [-0.2, 0) is 11.2 Å². The van der Waals surface area contributed by atoms with E-state index in [-0.39, 0.29) is 0 Å². The van der Waals surface area contributed by atoms with Crippen LogP contribution in [0.3, 0.4) is 0 Å². The van der Waals surface area contributed by atoms with Crippen molar-refractivity contribution in [2.75, 3.05) is 6.54 Å². The molecule has 1 heterocycles. The number of rotatable bonds is 5. The highest BCUT2D eigenvalue weighted by molar-refractivity contribution is 5.76. The first-order valence-corrected chi connectivity index (χ1v) is 7.36. The van der Waals surface area contributed by atoms with Gasteiger partial charge in [0.2, 0.25) is 5.91 Å². The number of hydrogen-bond acceptors (Lipinski definition) is 2. The van der Waals surface area contributed by atoms with Crippen LogP contribution in [0.25, 0.3) is 0 Å². The predicted octanol–water partition coefficient (Wildman–Crippen LogP) is 3.55. The number of nitriles is 1. The number of carbonyl (C=O) groups excluding carboxylic acids is 1. The minimum absolute atomic E-state index is 0.355. The molecule has 20 heavy (non-hydrogen) atoms. The van der Waals surface area contributed by atoms with Gasteiger partial charge in [0, 0.05) is 25.6 Å². The lowest BCUT2D eigenvalue weighted by atomic mass is 10.1. The molecule has 1 aliphatic rings. The fourth-order valence-electron chi connectivity index (χ4n) is 2.70. The summed E-state index contributed by atoms with van der Waals surface area (Å²) in [6.45, 7) is 6.63. The molecule has 0 aliphatic carbocycles. The third kappa shape index (κ3) is 5.05. The monoisotopic (exact) mass is 272 g/mol. The lowest BCUT2D eigenvalue weighted by Gasteiger charge is -2.21. The number of likely N-dealkylation sites (tertiary alicyclic amines) is 1. The molecule has 0 saturated carbocycles. The predicted molar refractivity (Wildman–Crippen MR) is 81.1 cm³/mol. The molecule has 0 bridgehead atoms. The molecular weight excluding hydrogens is 248 g/mol. The molecule has 0 radical (unpaired) electrons. The molecule has 3 heteroatoms. The van der Waals surface area contributed by atoms with Gasteiger partial charge >= 0.3 is 0 Å². The molecule has 1 aromatic rings. The summed E-state index contributed by atoms with van der Waals surface area (Å²) in [6, 6.07) is 11.0. The largest absolute Gasteiger partial charge is 0.340 e. The van der Waals surface area contributed by atoms with Crippen LogP contribution < -0.4 is 0 Å². The molecular formula is C17H24N2O. The molecule has 1 aliphatic heterocycles. The van der Waals surface area contributed by atoms with E-state index in [0.29, 0.717) is 11.9 Å². The molecule has 1 amide bonds. The highest BCUT2D eigenvalue weighted by atomic mass is 16.2. The number of aryl methyl sites for hydroxylation is 1. The fraction of sp³-hybridized carbons (Fsp3) is 0.529. The van der Waals surface area contributed by atoms with E-state index in [1.165, 1.54) is 18.4 Å². The van der Waals surface area contributed by atoms with Gasteiger partial charge in [-0.05, 0) is 44.6 Å². The second-order valence-corrected chi connectivity index (χ2v) is 5.27. The normalized spacial score (nSPS) is 17.4. The summed E-state index contributed by atoms with van der Waals surface area (Å²) < 4.78 is 0. The van der Waals surface area contributed by atoms with E-state index < -0.39 is 0 Å². The number of carbonyl (C=O) groups is 1. The molecule has 2 rings (SSSR count). The van der Waals surface area contributed by atoms with Gasteiger partial charge in [0.1, 0.15) is 0 Å². The minimum Gasteiger partial charge on any atom is -0.340 e. The van der Waals surface area contributed by atoms with Crippen molar-refractivity contribution in [2.24, 2.45) is 0 Å². The first-order chi connectivity index (χ1) is 9.77. The van der Waals surface area contributed by atoms with E-state index in [1.807, 2.05) is 6.07 Å². The SMILES string of the molecule is C#N.C[C@@H]1CCCN1C(=O)CCCCc1ccccc1. The van der Waals surface area contributed by atoms with Crippen molar-refractivity contribution >= 4 is 5.91 Å². The van der Waals surface area contributed by atoms with Crippen molar-refractivity contribution in [2.45, 2.75) is 51.5 Å². The van der Waals surface area contributed by atoms with Gasteiger partial charge in [0.25, 0.3) is 0 Å². The second kappa shape index (κ2) is 9.14. The Bertz CT molecular complexity index is 414.